The number of hydrogen-bond donors (Lipinski definition) is 2. The minimum Gasteiger partial charge on any atom is -0.347 e. The van der Waals surface area contributed by atoms with Gasteiger partial charge in [-0.15, -0.1) is 0 Å². The molecule has 0 saturated heterocycles. The first-order valence-corrected chi connectivity index (χ1v) is 12.7. The quantitative estimate of drug-likeness (QED) is 0.347. The second kappa shape index (κ2) is 10.8. The van der Waals surface area contributed by atoms with Gasteiger partial charge in [0.2, 0.25) is 0 Å². The summed E-state index contributed by atoms with van der Waals surface area (Å²) in [7, 11) is -1.05. The SMILES string of the molecule is CN(C)S(=O)(=O)n1cc(C=C(NC(=O)c2ccccc2F)C(=O)NCc2ccccc2)c2ccccc21. The van der Waals surface area contributed by atoms with Crippen LogP contribution in [0.3, 0.4) is 0 Å². The Morgan fingerprint density at radius 1 is 0.946 bits per heavy atom. The monoisotopic (exact) mass is 520 g/mol. The van der Waals surface area contributed by atoms with Gasteiger partial charge in [-0.3, -0.25) is 9.59 Å². The lowest BCUT2D eigenvalue weighted by Gasteiger charge is -2.13. The zero-order valence-electron chi connectivity index (χ0n) is 20.2. The van der Waals surface area contributed by atoms with Gasteiger partial charge in [0.05, 0.1) is 11.1 Å². The van der Waals surface area contributed by atoms with Crippen LogP contribution in [0.5, 0.6) is 0 Å². The molecule has 0 bridgehead atoms. The van der Waals surface area contributed by atoms with Crippen molar-refractivity contribution < 1.29 is 22.4 Å². The largest absolute Gasteiger partial charge is 0.347 e. The predicted molar refractivity (Wildman–Crippen MR) is 140 cm³/mol. The molecule has 0 spiro atoms. The van der Waals surface area contributed by atoms with E-state index in [9.17, 15) is 22.4 Å². The number of carbonyl (C=O) groups is 2. The van der Waals surface area contributed by atoms with Crippen molar-refractivity contribution in [2.45, 2.75) is 6.54 Å². The molecule has 0 aliphatic heterocycles. The Morgan fingerprint density at radius 2 is 1.59 bits per heavy atom. The average molecular weight is 521 g/mol. The third kappa shape index (κ3) is 5.60. The minimum absolute atomic E-state index is 0.172. The Balaban J connectivity index is 1.77. The third-order valence-corrected chi connectivity index (χ3v) is 7.35. The van der Waals surface area contributed by atoms with E-state index in [0.29, 0.717) is 16.5 Å². The molecule has 0 unspecified atom stereocenters. The molecule has 37 heavy (non-hydrogen) atoms. The van der Waals surface area contributed by atoms with Crippen molar-refractivity contribution in [3.8, 4) is 0 Å². The van der Waals surface area contributed by atoms with E-state index >= 15 is 0 Å². The zero-order valence-corrected chi connectivity index (χ0v) is 21.0. The number of carbonyl (C=O) groups excluding carboxylic acids is 2. The molecule has 0 atom stereocenters. The van der Waals surface area contributed by atoms with Gasteiger partial charge in [0.1, 0.15) is 11.5 Å². The number of fused-ring (bicyclic) bond motifs is 1. The van der Waals surface area contributed by atoms with Gasteiger partial charge in [-0.2, -0.15) is 12.7 Å². The molecule has 1 aromatic heterocycles. The number of benzene rings is 3. The number of para-hydroxylation sites is 1. The molecule has 0 fully saturated rings. The summed E-state index contributed by atoms with van der Waals surface area (Å²) in [5.41, 5.74) is 1.20. The number of aromatic nitrogens is 1. The maximum atomic E-state index is 14.3. The van der Waals surface area contributed by atoms with E-state index in [-0.39, 0.29) is 17.8 Å². The maximum Gasteiger partial charge on any atom is 0.307 e. The van der Waals surface area contributed by atoms with Gasteiger partial charge < -0.3 is 10.6 Å². The van der Waals surface area contributed by atoms with Crippen LogP contribution in [0.25, 0.3) is 17.0 Å². The van der Waals surface area contributed by atoms with Crippen LogP contribution in [-0.4, -0.2) is 42.6 Å². The molecule has 3 aromatic carbocycles. The Kier molecular flexibility index (Phi) is 7.51. The van der Waals surface area contributed by atoms with Gasteiger partial charge in [-0.05, 0) is 29.8 Å². The van der Waals surface area contributed by atoms with Crippen molar-refractivity contribution in [1.29, 1.82) is 0 Å². The summed E-state index contributed by atoms with van der Waals surface area (Å²) in [5, 5.41) is 5.78. The number of hydrogen-bond acceptors (Lipinski definition) is 4. The molecule has 1 heterocycles. The standard InChI is InChI=1S/C27H25FN4O4S/c1-31(2)37(35,36)32-18-20(21-12-7-9-15-25(21)32)16-24(27(34)29-17-19-10-4-3-5-11-19)30-26(33)22-13-6-8-14-23(22)28/h3-16,18H,17H2,1-2H3,(H,29,34)(H,30,33). The van der Waals surface area contributed by atoms with Crippen molar-refractivity contribution >= 4 is 39.0 Å². The molecule has 0 aliphatic rings. The van der Waals surface area contributed by atoms with E-state index in [2.05, 4.69) is 10.6 Å². The van der Waals surface area contributed by atoms with Crippen molar-refractivity contribution in [1.82, 2.24) is 18.9 Å². The Morgan fingerprint density at radius 3 is 2.30 bits per heavy atom. The van der Waals surface area contributed by atoms with Crippen LogP contribution in [0.2, 0.25) is 0 Å². The molecule has 4 aromatic rings. The number of nitrogens with one attached hydrogen (secondary N) is 2. The predicted octanol–water partition coefficient (Wildman–Crippen LogP) is 3.52. The lowest BCUT2D eigenvalue weighted by molar-refractivity contribution is -0.117. The average Bonchev–Trinajstić information content (AvgIpc) is 3.26. The molecule has 8 nitrogen and oxygen atoms in total. The van der Waals surface area contributed by atoms with Crippen molar-refractivity contribution in [3.63, 3.8) is 0 Å². The smallest absolute Gasteiger partial charge is 0.307 e. The summed E-state index contributed by atoms with van der Waals surface area (Å²) < 4.78 is 42.3. The van der Waals surface area contributed by atoms with Crippen LogP contribution in [-0.2, 0) is 21.5 Å². The van der Waals surface area contributed by atoms with Crippen LogP contribution in [0.4, 0.5) is 4.39 Å². The van der Waals surface area contributed by atoms with E-state index in [0.717, 1.165) is 19.9 Å². The highest BCUT2D eigenvalue weighted by molar-refractivity contribution is 7.87. The first kappa shape index (κ1) is 25.8. The van der Waals surface area contributed by atoms with Crippen LogP contribution >= 0.6 is 0 Å². The van der Waals surface area contributed by atoms with Crippen molar-refractivity contribution in [2.24, 2.45) is 0 Å². The van der Waals surface area contributed by atoms with Crippen LogP contribution in [0.15, 0.2) is 90.8 Å². The molecule has 0 aliphatic carbocycles. The lowest BCUT2D eigenvalue weighted by atomic mass is 10.1. The van der Waals surface area contributed by atoms with Crippen molar-refractivity contribution in [2.75, 3.05) is 14.1 Å². The summed E-state index contributed by atoms with van der Waals surface area (Å²) in [4.78, 5) is 26.1. The Hall–Kier alpha value is -4.28. The number of amides is 2. The molecule has 0 radical (unpaired) electrons. The van der Waals surface area contributed by atoms with Gasteiger partial charge >= 0.3 is 10.2 Å². The van der Waals surface area contributed by atoms with Gasteiger partial charge in [-0.25, -0.2) is 8.36 Å². The summed E-state index contributed by atoms with van der Waals surface area (Å²) in [6.07, 6.45) is 2.75. The number of nitrogens with zero attached hydrogens (tertiary/aromatic N) is 2. The second-order valence-corrected chi connectivity index (χ2v) is 10.4. The first-order chi connectivity index (χ1) is 17.7. The highest BCUT2D eigenvalue weighted by Gasteiger charge is 2.22. The van der Waals surface area contributed by atoms with Crippen LogP contribution in [0.1, 0.15) is 21.5 Å². The molecule has 10 heteroatoms. The second-order valence-electron chi connectivity index (χ2n) is 8.35. The maximum absolute atomic E-state index is 14.3. The minimum atomic E-state index is -3.87. The summed E-state index contributed by atoms with van der Waals surface area (Å²) in [6, 6.07) is 21.4. The van der Waals surface area contributed by atoms with Gasteiger partial charge in [0, 0.05) is 37.8 Å². The highest BCUT2D eigenvalue weighted by atomic mass is 32.2. The summed E-state index contributed by atoms with van der Waals surface area (Å²) in [5.74, 6) is -2.18. The van der Waals surface area contributed by atoms with Gasteiger partial charge in [-0.1, -0.05) is 60.7 Å². The summed E-state index contributed by atoms with van der Waals surface area (Å²) >= 11 is 0. The fraction of sp³-hybridized carbons (Fsp3) is 0.111. The zero-order chi connectivity index (χ0) is 26.6. The summed E-state index contributed by atoms with van der Waals surface area (Å²) in [6.45, 7) is 0.184. The molecular weight excluding hydrogens is 495 g/mol. The Labute approximate surface area is 214 Å². The van der Waals surface area contributed by atoms with E-state index in [1.54, 1.807) is 24.3 Å². The first-order valence-electron chi connectivity index (χ1n) is 11.3. The number of rotatable bonds is 8. The third-order valence-electron chi connectivity index (χ3n) is 5.63. The highest BCUT2D eigenvalue weighted by Crippen LogP contribution is 2.25. The van der Waals surface area contributed by atoms with Gasteiger partial charge in [0.25, 0.3) is 11.8 Å². The fourth-order valence-electron chi connectivity index (χ4n) is 3.68. The van der Waals surface area contributed by atoms with Crippen LogP contribution < -0.4 is 10.6 Å². The molecule has 190 valence electrons. The molecule has 2 N–H and O–H groups in total. The molecular formula is C27H25FN4O4S. The van der Waals surface area contributed by atoms with E-state index in [1.807, 2.05) is 30.3 Å². The van der Waals surface area contributed by atoms with E-state index in [1.165, 1.54) is 44.6 Å². The lowest BCUT2D eigenvalue weighted by Crippen LogP contribution is -2.35. The van der Waals surface area contributed by atoms with E-state index < -0.39 is 27.8 Å². The van der Waals surface area contributed by atoms with Gasteiger partial charge in [0.15, 0.2) is 0 Å². The van der Waals surface area contributed by atoms with E-state index in [4.69, 9.17) is 0 Å². The topological polar surface area (TPSA) is 101 Å². The Bertz CT molecular complexity index is 1600. The molecule has 0 saturated carbocycles. The molecule has 2 amide bonds. The fourth-order valence-corrected chi connectivity index (χ4v) is 4.69. The number of halogens is 1. The van der Waals surface area contributed by atoms with Crippen molar-refractivity contribution in [3.05, 3.63) is 113 Å². The molecule has 4 rings (SSSR count). The normalized spacial score (nSPS) is 12.1. The van der Waals surface area contributed by atoms with Crippen LogP contribution in [0, 0.1) is 5.82 Å².